The molecule has 0 N–H and O–H groups in total. The van der Waals surface area contributed by atoms with E-state index in [1.54, 1.807) is 0 Å². The standard InChI is InChI=1S/C14H22N2O2S/c1-2-12-14(19-16-15-12)13(17)6-4-3-5-11-7-9-18-10-8-11/h11H,2-10H2,1H3. The SMILES string of the molecule is CCc1nnsc1C(=O)CCCCC1CCOCC1. The Hall–Kier alpha value is -0.810. The lowest BCUT2D eigenvalue weighted by Crippen LogP contribution is -2.15. The molecule has 0 unspecified atom stereocenters. The molecule has 0 spiro atoms. The van der Waals surface area contributed by atoms with Gasteiger partial charge in [0.25, 0.3) is 0 Å². The summed E-state index contributed by atoms with van der Waals surface area (Å²) in [7, 11) is 0. The van der Waals surface area contributed by atoms with E-state index in [0.29, 0.717) is 6.42 Å². The van der Waals surface area contributed by atoms with E-state index < -0.39 is 0 Å². The molecule has 0 aromatic carbocycles. The summed E-state index contributed by atoms with van der Waals surface area (Å²) in [6.45, 7) is 3.84. The van der Waals surface area contributed by atoms with E-state index in [-0.39, 0.29) is 5.78 Å². The molecule has 0 aliphatic carbocycles. The second-order valence-electron chi connectivity index (χ2n) is 5.13. The van der Waals surface area contributed by atoms with Crippen LogP contribution in [0.25, 0.3) is 0 Å². The summed E-state index contributed by atoms with van der Waals surface area (Å²) < 4.78 is 9.22. The second kappa shape index (κ2) is 7.70. The van der Waals surface area contributed by atoms with Gasteiger partial charge in [-0.25, -0.2) is 0 Å². The highest BCUT2D eigenvalue weighted by Gasteiger charge is 2.16. The molecule has 1 saturated heterocycles. The van der Waals surface area contributed by atoms with Crippen LogP contribution in [-0.4, -0.2) is 28.6 Å². The van der Waals surface area contributed by atoms with E-state index in [9.17, 15) is 4.79 Å². The number of hydrogen-bond donors (Lipinski definition) is 0. The molecule has 4 nitrogen and oxygen atoms in total. The van der Waals surface area contributed by atoms with Crippen molar-refractivity contribution in [2.45, 2.75) is 51.9 Å². The van der Waals surface area contributed by atoms with Crippen LogP contribution in [-0.2, 0) is 11.2 Å². The summed E-state index contributed by atoms with van der Waals surface area (Å²) in [4.78, 5) is 12.8. The molecule has 106 valence electrons. The average molecular weight is 282 g/mol. The molecule has 2 heterocycles. The van der Waals surface area contributed by atoms with Crippen LogP contribution in [0.4, 0.5) is 0 Å². The van der Waals surface area contributed by atoms with Crippen molar-refractivity contribution in [3.63, 3.8) is 0 Å². The molecule has 1 fully saturated rings. The van der Waals surface area contributed by atoms with Crippen molar-refractivity contribution in [2.75, 3.05) is 13.2 Å². The van der Waals surface area contributed by atoms with E-state index in [0.717, 1.165) is 49.0 Å². The summed E-state index contributed by atoms with van der Waals surface area (Å²) in [5, 5.41) is 3.99. The second-order valence-corrected chi connectivity index (χ2v) is 5.88. The van der Waals surface area contributed by atoms with E-state index in [4.69, 9.17) is 4.74 Å². The molecular weight excluding hydrogens is 260 g/mol. The molecular formula is C14H22N2O2S. The smallest absolute Gasteiger partial charge is 0.176 e. The van der Waals surface area contributed by atoms with Crippen LogP contribution in [0, 0.1) is 5.92 Å². The molecule has 0 amide bonds. The van der Waals surface area contributed by atoms with Gasteiger partial charge in [0.05, 0.1) is 5.69 Å². The molecule has 1 aromatic rings. The van der Waals surface area contributed by atoms with Gasteiger partial charge in [0.15, 0.2) is 5.78 Å². The van der Waals surface area contributed by atoms with Crippen molar-refractivity contribution in [1.82, 2.24) is 9.59 Å². The van der Waals surface area contributed by atoms with Crippen molar-refractivity contribution in [3.05, 3.63) is 10.6 Å². The Morgan fingerprint density at radius 1 is 1.37 bits per heavy atom. The maximum absolute atomic E-state index is 12.0. The van der Waals surface area contributed by atoms with Crippen molar-refractivity contribution >= 4 is 17.3 Å². The highest BCUT2D eigenvalue weighted by Crippen LogP contribution is 2.22. The fourth-order valence-corrected chi connectivity index (χ4v) is 3.23. The predicted molar refractivity (Wildman–Crippen MR) is 75.6 cm³/mol. The molecule has 0 atom stereocenters. The number of rotatable bonds is 7. The summed E-state index contributed by atoms with van der Waals surface area (Å²) in [5.74, 6) is 1.03. The Kier molecular flexibility index (Phi) is 5.92. The monoisotopic (exact) mass is 282 g/mol. The van der Waals surface area contributed by atoms with Gasteiger partial charge in [-0.15, -0.1) is 5.10 Å². The first-order valence-corrected chi connectivity index (χ1v) is 8.00. The fourth-order valence-electron chi connectivity index (χ4n) is 2.52. The van der Waals surface area contributed by atoms with Gasteiger partial charge in [-0.2, -0.15) is 0 Å². The minimum atomic E-state index is 0.221. The summed E-state index contributed by atoms with van der Waals surface area (Å²) in [6.07, 6.45) is 7.17. The number of Topliss-reactive ketones (excluding diaryl/α,β-unsaturated/α-hetero) is 1. The van der Waals surface area contributed by atoms with Gasteiger partial charge in [0.2, 0.25) is 0 Å². The first-order chi connectivity index (χ1) is 9.31. The zero-order chi connectivity index (χ0) is 13.5. The predicted octanol–water partition coefficient (Wildman–Crippen LogP) is 3.27. The van der Waals surface area contributed by atoms with Gasteiger partial charge < -0.3 is 4.74 Å². The highest BCUT2D eigenvalue weighted by atomic mass is 32.1. The number of carbonyl (C=O) groups excluding carboxylic acids is 1. The van der Waals surface area contributed by atoms with Crippen LogP contribution in [0.2, 0.25) is 0 Å². The van der Waals surface area contributed by atoms with Gasteiger partial charge in [-0.1, -0.05) is 24.3 Å². The van der Waals surface area contributed by atoms with E-state index in [1.807, 2.05) is 6.92 Å². The van der Waals surface area contributed by atoms with Crippen molar-refractivity contribution in [2.24, 2.45) is 5.92 Å². The molecule has 0 radical (unpaired) electrons. The van der Waals surface area contributed by atoms with Gasteiger partial charge in [0.1, 0.15) is 4.88 Å². The molecule has 0 saturated carbocycles. The first kappa shape index (κ1) is 14.6. The van der Waals surface area contributed by atoms with Crippen LogP contribution in [0.15, 0.2) is 0 Å². The number of hydrogen-bond acceptors (Lipinski definition) is 5. The van der Waals surface area contributed by atoms with Crippen LogP contribution >= 0.6 is 11.5 Å². The Morgan fingerprint density at radius 2 is 2.16 bits per heavy atom. The third-order valence-corrected chi connectivity index (χ3v) is 4.56. The number of nitrogens with zero attached hydrogens (tertiary/aromatic N) is 2. The van der Waals surface area contributed by atoms with Crippen molar-refractivity contribution < 1.29 is 9.53 Å². The summed E-state index contributed by atoms with van der Waals surface area (Å²) in [5.41, 5.74) is 0.861. The number of ether oxygens (including phenoxy) is 1. The Labute approximate surface area is 118 Å². The van der Waals surface area contributed by atoms with Crippen molar-refractivity contribution in [1.29, 1.82) is 0 Å². The molecule has 1 aliphatic rings. The third kappa shape index (κ3) is 4.35. The number of carbonyl (C=O) groups is 1. The van der Waals surface area contributed by atoms with E-state index >= 15 is 0 Å². The van der Waals surface area contributed by atoms with E-state index in [1.165, 1.54) is 30.8 Å². The van der Waals surface area contributed by atoms with Crippen LogP contribution in [0.1, 0.15) is 60.8 Å². The van der Waals surface area contributed by atoms with Gasteiger partial charge in [-0.3, -0.25) is 4.79 Å². The quantitative estimate of drug-likeness (QED) is 0.569. The molecule has 2 rings (SSSR count). The molecule has 1 aliphatic heterocycles. The minimum absolute atomic E-state index is 0.221. The fraction of sp³-hybridized carbons (Fsp3) is 0.786. The lowest BCUT2D eigenvalue weighted by Gasteiger charge is -2.21. The zero-order valence-corrected chi connectivity index (χ0v) is 12.4. The largest absolute Gasteiger partial charge is 0.381 e. The number of aryl methyl sites for hydroxylation is 1. The van der Waals surface area contributed by atoms with Gasteiger partial charge in [-0.05, 0) is 43.1 Å². The topological polar surface area (TPSA) is 52.1 Å². The number of aromatic nitrogens is 2. The van der Waals surface area contributed by atoms with Crippen LogP contribution < -0.4 is 0 Å². The number of ketones is 1. The average Bonchev–Trinajstić information content (AvgIpc) is 2.93. The molecule has 5 heteroatoms. The first-order valence-electron chi connectivity index (χ1n) is 7.23. The Balaban J connectivity index is 1.66. The maximum Gasteiger partial charge on any atom is 0.176 e. The lowest BCUT2D eigenvalue weighted by atomic mass is 9.93. The van der Waals surface area contributed by atoms with Crippen LogP contribution in [0.5, 0.6) is 0 Å². The molecule has 19 heavy (non-hydrogen) atoms. The Morgan fingerprint density at radius 3 is 2.89 bits per heavy atom. The van der Waals surface area contributed by atoms with Gasteiger partial charge in [0, 0.05) is 19.6 Å². The van der Waals surface area contributed by atoms with Crippen LogP contribution in [0.3, 0.4) is 0 Å². The number of unbranched alkanes of at least 4 members (excludes halogenated alkanes) is 1. The molecule has 1 aromatic heterocycles. The van der Waals surface area contributed by atoms with E-state index in [2.05, 4.69) is 9.59 Å². The summed E-state index contributed by atoms with van der Waals surface area (Å²) >= 11 is 1.24. The lowest BCUT2D eigenvalue weighted by molar-refractivity contribution is 0.0630. The normalized spacial score (nSPS) is 16.7. The van der Waals surface area contributed by atoms with Gasteiger partial charge >= 0.3 is 0 Å². The highest BCUT2D eigenvalue weighted by molar-refractivity contribution is 7.08. The maximum atomic E-state index is 12.0. The Bertz CT molecular complexity index is 400. The minimum Gasteiger partial charge on any atom is -0.381 e. The zero-order valence-electron chi connectivity index (χ0n) is 11.6. The molecule has 0 bridgehead atoms. The third-order valence-electron chi connectivity index (χ3n) is 3.75. The van der Waals surface area contributed by atoms with Crippen molar-refractivity contribution in [3.8, 4) is 0 Å². The summed E-state index contributed by atoms with van der Waals surface area (Å²) in [6, 6.07) is 0.